The number of benzene rings is 2. The molecular weight excluding hydrogens is 921 g/mol. The minimum Gasteiger partial charge on any atom is -0.462 e. The van der Waals surface area contributed by atoms with E-state index in [0.29, 0.717) is 36.8 Å². The topological polar surface area (TPSA) is 155 Å². The molecule has 16 heteroatoms. The van der Waals surface area contributed by atoms with Crippen molar-refractivity contribution in [2.24, 2.45) is 23.7 Å². The summed E-state index contributed by atoms with van der Waals surface area (Å²) in [5.41, 5.74) is -2.03. The molecule has 72 heavy (non-hydrogen) atoms. The van der Waals surface area contributed by atoms with Gasteiger partial charge in [0.25, 0.3) is 0 Å². The van der Waals surface area contributed by atoms with Gasteiger partial charge < -0.3 is 38.3 Å². The van der Waals surface area contributed by atoms with Crippen molar-refractivity contribution in [1.29, 1.82) is 0 Å². The van der Waals surface area contributed by atoms with Crippen molar-refractivity contribution in [2.45, 2.75) is 181 Å². The second kappa shape index (κ2) is 20.3. The van der Waals surface area contributed by atoms with E-state index < -0.39 is 46.0 Å². The summed E-state index contributed by atoms with van der Waals surface area (Å²) in [6.45, 7) is 33.6. The highest BCUT2D eigenvalue weighted by molar-refractivity contribution is 6.00. The maximum Gasteiger partial charge on any atom is 0.338 e. The molecule has 2 aromatic carbocycles. The second-order valence-electron chi connectivity index (χ2n) is 25.4. The van der Waals surface area contributed by atoms with Crippen molar-refractivity contribution in [3.8, 4) is 11.1 Å². The van der Waals surface area contributed by atoms with Gasteiger partial charge in [0.2, 0.25) is 0 Å². The van der Waals surface area contributed by atoms with Crippen LogP contribution in [-0.2, 0) is 38.3 Å². The molecule has 402 valence electrons. The number of nitrogens with zero attached hydrogens (tertiary/aromatic N) is 4. The molecule has 0 radical (unpaired) electrons. The maximum atomic E-state index is 14.3. The average molecular weight is 1010 g/mol. The molecule has 6 rings (SSSR count). The van der Waals surface area contributed by atoms with Crippen molar-refractivity contribution in [1.82, 2.24) is 20.3 Å². The standard InChI is InChI=1S/C56H86N4O12/c1-49(2)27-41(53(9,10)57(49)65-17)31-69-45(61)37-21-35(22-38(25-37)46(62)70-32-42-28-50(3,4)58(66-18)54(42,11)12)36-23-39(47(63)71-33-43-29-51(5,6)59(67-19)55(43,13)14)26-40(24-36)48(64)72-34-44-30-52(7,8)60(68-20)56(44,15)16/h21-26,41-44H,27-34H2,1-20H3. The largest absolute Gasteiger partial charge is 0.462 e. The molecule has 0 aliphatic carbocycles. The lowest BCUT2D eigenvalue weighted by atomic mass is 9.87. The third-order valence-corrected chi connectivity index (χ3v) is 16.8. The fraction of sp³-hybridized carbons (Fsp3) is 0.714. The SMILES string of the molecule is CON1C(C)(C)CC(COC(=O)c2cc(C(=O)OCC3CC(C)(C)N(OC)C3(C)C)cc(-c3cc(C(=O)OCC4CC(C)(C)N(OC)C4(C)C)cc(C(=O)OCC4CC(C)(C)N(OC)C4(C)C)c3)c2)C1(C)C. The molecule has 0 bridgehead atoms. The Labute approximate surface area is 429 Å². The molecule has 4 aliphatic rings. The van der Waals surface area contributed by atoms with Gasteiger partial charge in [-0.3, -0.25) is 0 Å². The summed E-state index contributed by atoms with van der Waals surface area (Å²) < 4.78 is 24.4. The Kier molecular flexibility index (Phi) is 16.1. The number of rotatable bonds is 17. The molecule has 4 aliphatic heterocycles. The Morgan fingerprint density at radius 3 is 0.694 bits per heavy atom. The summed E-state index contributed by atoms with van der Waals surface area (Å²) in [7, 11) is 6.57. The Balaban J connectivity index is 1.38. The summed E-state index contributed by atoms with van der Waals surface area (Å²) in [6.07, 6.45) is 2.82. The van der Waals surface area contributed by atoms with Crippen LogP contribution < -0.4 is 0 Å². The van der Waals surface area contributed by atoms with Crippen LogP contribution in [0.5, 0.6) is 0 Å². The van der Waals surface area contributed by atoms with Crippen molar-refractivity contribution in [3.63, 3.8) is 0 Å². The van der Waals surface area contributed by atoms with Gasteiger partial charge in [0.05, 0.1) is 77.1 Å². The zero-order valence-electron chi connectivity index (χ0n) is 47.1. The summed E-state index contributed by atoms with van der Waals surface area (Å²) in [4.78, 5) is 80.5. The van der Waals surface area contributed by atoms with Crippen molar-refractivity contribution < 1.29 is 57.5 Å². The van der Waals surface area contributed by atoms with Crippen LogP contribution in [0.4, 0.5) is 0 Å². The van der Waals surface area contributed by atoms with Crippen molar-refractivity contribution >= 4 is 23.9 Å². The lowest BCUT2D eigenvalue weighted by Crippen LogP contribution is -2.49. The Hall–Kier alpha value is -4.00. The summed E-state index contributed by atoms with van der Waals surface area (Å²) in [6, 6.07) is 9.36. The molecular formula is C56H86N4O12. The number of carbonyl (C=O) groups is 4. The molecule has 0 saturated carbocycles. The fourth-order valence-corrected chi connectivity index (χ4v) is 13.6. The third-order valence-electron chi connectivity index (χ3n) is 16.8. The van der Waals surface area contributed by atoms with Crippen LogP contribution in [0.15, 0.2) is 36.4 Å². The van der Waals surface area contributed by atoms with Crippen LogP contribution >= 0.6 is 0 Å². The van der Waals surface area contributed by atoms with E-state index in [1.165, 1.54) is 12.1 Å². The van der Waals surface area contributed by atoms with Crippen LogP contribution in [0.25, 0.3) is 11.1 Å². The van der Waals surface area contributed by atoms with Gasteiger partial charge >= 0.3 is 23.9 Å². The van der Waals surface area contributed by atoms with Crippen LogP contribution in [0.3, 0.4) is 0 Å². The smallest absolute Gasteiger partial charge is 0.338 e. The monoisotopic (exact) mass is 1010 g/mol. The first kappa shape index (κ1) is 57.3. The van der Waals surface area contributed by atoms with E-state index in [9.17, 15) is 19.2 Å². The molecule has 0 amide bonds. The molecule has 4 unspecified atom stereocenters. The third kappa shape index (κ3) is 10.9. The molecule has 4 saturated heterocycles. The van der Waals surface area contributed by atoms with E-state index in [4.69, 9.17) is 38.3 Å². The van der Waals surface area contributed by atoms with Gasteiger partial charge in [0, 0.05) is 68.0 Å². The van der Waals surface area contributed by atoms with Crippen molar-refractivity contribution in [2.75, 3.05) is 54.9 Å². The molecule has 4 atom stereocenters. The lowest BCUT2D eigenvalue weighted by Gasteiger charge is -2.39. The first-order valence-electron chi connectivity index (χ1n) is 25.5. The highest BCUT2D eigenvalue weighted by atomic mass is 16.7. The maximum absolute atomic E-state index is 14.3. The predicted molar refractivity (Wildman–Crippen MR) is 273 cm³/mol. The zero-order chi connectivity index (χ0) is 53.9. The van der Waals surface area contributed by atoms with Gasteiger partial charge in [0.1, 0.15) is 0 Å². The van der Waals surface area contributed by atoms with Crippen LogP contribution in [0.1, 0.15) is 178 Å². The molecule has 0 aromatic heterocycles. The number of hydrogen-bond donors (Lipinski definition) is 0. The number of hydroxylamine groups is 8. The van der Waals surface area contributed by atoms with Crippen LogP contribution in [0, 0.1) is 23.7 Å². The van der Waals surface area contributed by atoms with E-state index in [2.05, 4.69) is 111 Å². The Morgan fingerprint density at radius 2 is 0.542 bits per heavy atom. The first-order valence-corrected chi connectivity index (χ1v) is 25.5. The summed E-state index contributed by atoms with van der Waals surface area (Å²) in [5.74, 6) is -2.94. The fourth-order valence-electron chi connectivity index (χ4n) is 13.6. The summed E-state index contributed by atoms with van der Waals surface area (Å²) >= 11 is 0. The second-order valence-corrected chi connectivity index (χ2v) is 25.4. The highest BCUT2D eigenvalue weighted by Crippen LogP contribution is 2.48. The Bertz CT molecular complexity index is 2040. The molecule has 16 nitrogen and oxygen atoms in total. The molecule has 4 heterocycles. The quantitative estimate of drug-likeness (QED) is 0.109. The van der Waals surface area contributed by atoms with E-state index in [1.54, 1.807) is 52.7 Å². The van der Waals surface area contributed by atoms with E-state index in [-0.39, 0.29) is 94.5 Å². The number of carbonyl (C=O) groups excluding carboxylic acids is 4. The van der Waals surface area contributed by atoms with E-state index in [1.807, 2.05) is 20.3 Å². The van der Waals surface area contributed by atoms with E-state index in [0.717, 1.165) is 0 Å². The van der Waals surface area contributed by atoms with Gasteiger partial charge in [-0.1, -0.05) is 0 Å². The zero-order valence-corrected chi connectivity index (χ0v) is 47.1. The first-order chi connectivity index (χ1) is 33.1. The summed E-state index contributed by atoms with van der Waals surface area (Å²) in [5, 5.41) is 7.78. The van der Waals surface area contributed by atoms with Crippen LogP contribution in [-0.4, -0.2) is 143 Å². The number of hydrogen-bond acceptors (Lipinski definition) is 16. The number of esters is 4. The average Bonchev–Trinajstić information content (AvgIpc) is 3.75. The van der Waals surface area contributed by atoms with Crippen LogP contribution in [0.2, 0.25) is 0 Å². The van der Waals surface area contributed by atoms with Gasteiger partial charge in [-0.2, -0.15) is 20.3 Å². The van der Waals surface area contributed by atoms with Crippen molar-refractivity contribution in [3.05, 3.63) is 58.7 Å². The predicted octanol–water partition coefficient (Wildman–Crippen LogP) is 9.74. The number of ether oxygens (including phenoxy) is 4. The Morgan fingerprint density at radius 1 is 0.361 bits per heavy atom. The minimum absolute atomic E-state index is 0.0807. The lowest BCUT2D eigenvalue weighted by molar-refractivity contribution is -0.224. The van der Waals surface area contributed by atoms with E-state index >= 15 is 0 Å². The van der Waals surface area contributed by atoms with Gasteiger partial charge in [0.15, 0.2) is 0 Å². The highest BCUT2D eigenvalue weighted by Gasteiger charge is 2.56. The van der Waals surface area contributed by atoms with Gasteiger partial charge in [-0.05, 0) is 184 Å². The molecule has 0 spiro atoms. The molecule has 0 N–H and O–H groups in total. The molecule has 4 fully saturated rings. The normalized spacial score (nSPS) is 26.9. The van der Waals surface area contributed by atoms with Gasteiger partial charge in [-0.25, -0.2) is 19.2 Å². The van der Waals surface area contributed by atoms with Gasteiger partial charge in [-0.15, -0.1) is 0 Å². The minimum atomic E-state index is -0.653. The molecule has 2 aromatic rings.